The van der Waals surface area contributed by atoms with Crippen LogP contribution in [0.3, 0.4) is 0 Å². The normalized spacial score (nSPS) is 10.7. The Hall–Kier alpha value is -3.91. The lowest BCUT2D eigenvalue weighted by Gasteiger charge is -2.12. The van der Waals surface area contributed by atoms with Gasteiger partial charge in [0, 0.05) is 31.9 Å². The summed E-state index contributed by atoms with van der Waals surface area (Å²) in [5, 5.41) is 21.1. The van der Waals surface area contributed by atoms with Gasteiger partial charge in [-0.25, -0.2) is 4.39 Å². The molecule has 0 aliphatic rings. The van der Waals surface area contributed by atoms with Crippen LogP contribution in [-0.4, -0.2) is 78.6 Å². The number of rotatable bonds is 18. The number of nitrogens with one attached hydrogen (secondary N) is 4. The number of ether oxygens (including phenoxy) is 2. The van der Waals surface area contributed by atoms with Gasteiger partial charge >= 0.3 is 0 Å². The third-order valence-electron chi connectivity index (χ3n) is 5.15. The smallest absolute Gasteiger partial charge is 0.233 e. The molecule has 0 saturated carbocycles. The molecule has 0 aliphatic heterocycles. The number of hydrogen-bond donors (Lipinski definition) is 6. The molecule has 39 heavy (non-hydrogen) atoms. The van der Waals surface area contributed by atoms with Crippen LogP contribution in [0.4, 0.5) is 27.9 Å². The average molecular weight is 543 g/mol. The molecule has 7 N–H and O–H groups in total. The molecule has 0 fully saturated rings. The van der Waals surface area contributed by atoms with E-state index >= 15 is 0 Å². The number of aliphatic hydroxyl groups excluding tert-OH is 1. The molecule has 2 aromatic carbocycles. The highest BCUT2D eigenvalue weighted by Crippen LogP contribution is 2.17. The van der Waals surface area contributed by atoms with Gasteiger partial charge in [0.05, 0.1) is 39.5 Å². The van der Waals surface area contributed by atoms with E-state index in [1.165, 1.54) is 12.1 Å². The minimum Gasteiger partial charge on any atom is -0.395 e. The van der Waals surface area contributed by atoms with Crippen LogP contribution in [0.1, 0.15) is 11.1 Å². The van der Waals surface area contributed by atoms with E-state index in [4.69, 9.17) is 20.3 Å². The van der Waals surface area contributed by atoms with Crippen LogP contribution >= 0.6 is 0 Å². The molecule has 0 radical (unpaired) electrons. The summed E-state index contributed by atoms with van der Waals surface area (Å²) in [4.78, 5) is 25.2. The zero-order valence-corrected chi connectivity index (χ0v) is 21.7. The Bertz CT molecular complexity index is 1150. The number of aliphatic hydroxyl groups is 1. The highest BCUT2D eigenvalue weighted by Gasteiger charge is 2.09. The molecule has 0 spiro atoms. The van der Waals surface area contributed by atoms with Gasteiger partial charge in [0.15, 0.2) is 0 Å². The number of carbonyl (C=O) groups excluding carboxylic acids is 1. The number of nitrogens with zero attached hydrogens (tertiary/aromatic N) is 3. The topological polar surface area (TPSA) is 169 Å². The van der Waals surface area contributed by atoms with Crippen LogP contribution in [0.2, 0.25) is 0 Å². The molecule has 0 unspecified atom stereocenters. The second kappa shape index (κ2) is 16.8. The van der Waals surface area contributed by atoms with Crippen molar-refractivity contribution in [3.8, 4) is 0 Å². The number of anilines is 4. The van der Waals surface area contributed by atoms with E-state index in [-0.39, 0.29) is 49.1 Å². The first-order chi connectivity index (χ1) is 19.1. The summed E-state index contributed by atoms with van der Waals surface area (Å²) < 4.78 is 24.1. The molecular weight excluding hydrogens is 507 g/mol. The second-order valence-electron chi connectivity index (χ2n) is 8.30. The standard InChI is InChI=1S/C26H35FN8O4/c27-21-3-1-2-20(16-21)18-31-25-33-24(30-9-11-36)34-26(35-25)32-22-6-4-19(5-7-22)17-23(37)29-10-13-39-15-14-38-12-8-28/h1-7,16,36H,8-15,17-18,28H2,(H,29,37)(H3,30,31,32,33,34,35). The van der Waals surface area contributed by atoms with E-state index in [9.17, 15) is 9.18 Å². The van der Waals surface area contributed by atoms with Gasteiger partial charge in [-0.1, -0.05) is 24.3 Å². The summed E-state index contributed by atoms with van der Waals surface area (Å²) in [6.07, 6.45) is 0.231. The zero-order chi connectivity index (χ0) is 27.7. The molecule has 3 rings (SSSR count). The highest BCUT2D eigenvalue weighted by atomic mass is 19.1. The van der Waals surface area contributed by atoms with E-state index in [2.05, 4.69) is 36.2 Å². The van der Waals surface area contributed by atoms with Crippen molar-refractivity contribution >= 4 is 29.4 Å². The fourth-order valence-corrected chi connectivity index (χ4v) is 3.34. The highest BCUT2D eigenvalue weighted by molar-refractivity contribution is 5.78. The van der Waals surface area contributed by atoms with Gasteiger partial charge in [-0.3, -0.25) is 4.79 Å². The molecule has 0 atom stereocenters. The first-order valence-corrected chi connectivity index (χ1v) is 12.6. The summed E-state index contributed by atoms with van der Waals surface area (Å²) in [5.74, 6) is 0.380. The lowest BCUT2D eigenvalue weighted by molar-refractivity contribution is -0.120. The third kappa shape index (κ3) is 11.6. The summed E-state index contributed by atoms with van der Waals surface area (Å²) in [6, 6.07) is 13.5. The minimum atomic E-state index is -0.326. The summed E-state index contributed by atoms with van der Waals surface area (Å²) in [7, 11) is 0. The molecule has 12 nitrogen and oxygen atoms in total. The number of nitrogens with two attached hydrogens (primary N) is 1. The van der Waals surface area contributed by atoms with Crippen LogP contribution in [0.15, 0.2) is 48.5 Å². The van der Waals surface area contributed by atoms with Gasteiger partial charge < -0.3 is 41.6 Å². The van der Waals surface area contributed by atoms with E-state index in [0.717, 1.165) is 11.1 Å². The maximum absolute atomic E-state index is 13.5. The fourth-order valence-electron chi connectivity index (χ4n) is 3.34. The Morgan fingerprint density at radius 1 is 0.872 bits per heavy atom. The van der Waals surface area contributed by atoms with Crippen molar-refractivity contribution in [1.82, 2.24) is 20.3 Å². The Balaban J connectivity index is 1.50. The largest absolute Gasteiger partial charge is 0.395 e. The van der Waals surface area contributed by atoms with Gasteiger partial charge in [0.2, 0.25) is 23.8 Å². The monoisotopic (exact) mass is 542 g/mol. The number of carbonyl (C=O) groups is 1. The van der Waals surface area contributed by atoms with Crippen molar-refractivity contribution in [2.75, 3.05) is 68.6 Å². The number of hydrogen-bond acceptors (Lipinski definition) is 11. The molecule has 0 aliphatic carbocycles. The molecular formula is C26H35FN8O4. The van der Waals surface area contributed by atoms with Crippen LogP contribution in [0.5, 0.6) is 0 Å². The third-order valence-corrected chi connectivity index (χ3v) is 5.15. The van der Waals surface area contributed by atoms with E-state index in [1.54, 1.807) is 12.1 Å². The first-order valence-electron chi connectivity index (χ1n) is 12.6. The zero-order valence-electron chi connectivity index (χ0n) is 21.7. The van der Waals surface area contributed by atoms with Crippen molar-refractivity contribution in [3.63, 3.8) is 0 Å². The molecule has 1 aromatic heterocycles. The minimum absolute atomic E-state index is 0.0905. The predicted octanol–water partition coefficient (Wildman–Crippen LogP) is 1.42. The SMILES string of the molecule is NCCOCCOCCNC(=O)Cc1ccc(Nc2nc(NCCO)nc(NCc3cccc(F)c3)n2)cc1. The number of benzene rings is 2. The Labute approximate surface area is 226 Å². The lowest BCUT2D eigenvalue weighted by atomic mass is 10.1. The van der Waals surface area contributed by atoms with Crippen molar-refractivity contribution in [1.29, 1.82) is 0 Å². The fraction of sp³-hybridized carbons (Fsp3) is 0.385. The maximum Gasteiger partial charge on any atom is 0.233 e. The quantitative estimate of drug-likeness (QED) is 0.129. The first kappa shape index (κ1) is 29.6. The van der Waals surface area contributed by atoms with Crippen molar-refractivity contribution in [2.24, 2.45) is 5.73 Å². The Kier molecular flexibility index (Phi) is 12.8. The average Bonchev–Trinajstić information content (AvgIpc) is 2.93. The molecule has 0 saturated heterocycles. The van der Waals surface area contributed by atoms with Crippen molar-refractivity contribution in [2.45, 2.75) is 13.0 Å². The number of aromatic nitrogens is 3. The summed E-state index contributed by atoms with van der Waals surface area (Å²) in [5.41, 5.74) is 7.62. The van der Waals surface area contributed by atoms with Crippen molar-refractivity contribution in [3.05, 3.63) is 65.5 Å². The maximum atomic E-state index is 13.5. The molecule has 1 heterocycles. The number of amides is 1. The van der Waals surface area contributed by atoms with E-state index in [0.29, 0.717) is 51.7 Å². The van der Waals surface area contributed by atoms with Crippen LogP contribution in [-0.2, 0) is 27.2 Å². The lowest BCUT2D eigenvalue weighted by Crippen LogP contribution is -2.29. The van der Waals surface area contributed by atoms with Gasteiger partial charge in [0.25, 0.3) is 0 Å². The Morgan fingerprint density at radius 3 is 2.31 bits per heavy atom. The molecule has 3 aromatic rings. The van der Waals surface area contributed by atoms with Gasteiger partial charge in [-0.05, 0) is 35.4 Å². The number of halogens is 1. The molecule has 1 amide bonds. The summed E-state index contributed by atoms with van der Waals surface area (Å²) in [6.45, 7) is 3.21. The van der Waals surface area contributed by atoms with E-state index < -0.39 is 0 Å². The van der Waals surface area contributed by atoms with E-state index in [1.807, 2.05) is 24.3 Å². The van der Waals surface area contributed by atoms with Crippen LogP contribution in [0, 0.1) is 5.82 Å². The van der Waals surface area contributed by atoms with Crippen LogP contribution < -0.4 is 27.0 Å². The van der Waals surface area contributed by atoms with Gasteiger partial charge in [0.1, 0.15) is 5.82 Å². The van der Waals surface area contributed by atoms with Gasteiger partial charge in [-0.15, -0.1) is 0 Å². The van der Waals surface area contributed by atoms with Crippen LogP contribution in [0.25, 0.3) is 0 Å². The van der Waals surface area contributed by atoms with Crippen molar-refractivity contribution < 1.29 is 23.8 Å². The molecule has 210 valence electrons. The molecule has 0 bridgehead atoms. The van der Waals surface area contributed by atoms with Gasteiger partial charge in [-0.2, -0.15) is 15.0 Å². The summed E-state index contributed by atoms with van der Waals surface area (Å²) >= 11 is 0. The molecule has 13 heteroatoms. The predicted molar refractivity (Wildman–Crippen MR) is 146 cm³/mol. The Morgan fingerprint density at radius 2 is 1.59 bits per heavy atom. The second-order valence-corrected chi connectivity index (χ2v) is 8.30.